The first-order chi connectivity index (χ1) is 14.9. The van der Waals surface area contributed by atoms with E-state index in [1.807, 2.05) is 48.8 Å². The summed E-state index contributed by atoms with van der Waals surface area (Å²) in [5, 5.41) is 9.88. The van der Waals surface area contributed by atoms with Gasteiger partial charge in [0, 0.05) is 46.7 Å². The number of aromatic nitrogens is 6. The average molecular weight is 388 g/mol. The van der Waals surface area contributed by atoms with E-state index in [-0.39, 0.29) is 0 Å². The molecule has 142 valence electrons. The summed E-state index contributed by atoms with van der Waals surface area (Å²) in [6.45, 7) is 0. The van der Waals surface area contributed by atoms with Gasteiger partial charge in [-0.25, -0.2) is 0 Å². The largest absolute Gasteiger partial charge is 0.352 e. The highest BCUT2D eigenvalue weighted by atomic mass is 15.1. The van der Waals surface area contributed by atoms with Crippen LogP contribution in [0.1, 0.15) is 0 Å². The molecule has 2 N–H and O–H groups in total. The van der Waals surface area contributed by atoms with Crippen LogP contribution in [0.5, 0.6) is 0 Å². The van der Waals surface area contributed by atoms with Crippen LogP contribution in [0.2, 0.25) is 0 Å². The molecule has 0 saturated heterocycles. The third kappa shape index (κ3) is 2.66. The number of aromatic amines is 2. The Morgan fingerprint density at radius 2 is 1.63 bits per heavy atom. The van der Waals surface area contributed by atoms with Crippen LogP contribution in [0.4, 0.5) is 0 Å². The lowest BCUT2D eigenvalue weighted by Gasteiger charge is -2.01. The van der Waals surface area contributed by atoms with Crippen LogP contribution < -0.4 is 0 Å². The molecule has 0 unspecified atom stereocenters. The summed E-state index contributed by atoms with van der Waals surface area (Å²) in [6, 6.07) is 18.3. The van der Waals surface area contributed by atoms with Crippen LogP contribution in [0.15, 0.2) is 85.6 Å². The molecule has 5 aromatic heterocycles. The minimum absolute atomic E-state index is 0.875. The first kappa shape index (κ1) is 16.6. The molecule has 0 saturated carbocycles. The van der Waals surface area contributed by atoms with Crippen LogP contribution in [-0.2, 0) is 0 Å². The van der Waals surface area contributed by atoms with Gasteiger partial charge in [0.15, 0.2) is 0 Å². The smallest absolute Gasteiger partial charge is 0.116 e. The highest BCUT2D eigenvalue weighted by molar-refractivity contribution is 6.01. The van der Waals surface area contributed by atoms with Gasteiger partial charge in [-0.05, 0) is 48.0 Å². The van der Waals surface area contributed by atoms with Crippen molar-refractivity contribution in [2.75, 3.05) is 0 Å². The van der Waals surface area contributed by atoms with E-state index in [0.29, 0.717) is 0 Å². The quantitative estimate of drug-likeness (QED) is 0.435. The van der Waals surface area contributed by atoms with Gasteiger partial charge in [-0.1, -0.05) is 12.1 Å². The Kier molecular flexibility index (Phi) is 3.67. The topological polar surface area (TPSA) is 83.1 Å². The molecule has 0 aliphatic heterocycles. The number of nitrogens with one attached hydrogen (secondary N) is 2. The molecule has 0 radical (unpaired) electrons. The van der Waals surface area contributed by atoms with Gasteiger partial charge in [-0.2, -0.15) is 5.10 Å². The summed E-state index contributed by atoms with van der Waals surface area (Å²) in [4.78, 5) is 16.5. The summed E-state index contributed by atoms with van der Waals surface area (Å²) in [5.41, 5.74) is 7.90. The SMILES string of the molecule is c1ccc(-c2ccc3[nH]nc(-c4cc5c(-c6ccncc6)cncc5[nH]4)c3c2)nc1. The van der Waals surface area contributed by atoms with Gasteiger partial charge in [0.1, 0.15) is 5.69 Å². The standard InChI is InChI=1S/C24H16N6/c1-2-8-27-20(3-1)16-4-5-21-18(11-16)24(30-29-21)22-12-17-19(13-26-14-23(17)28-22)15-6-9-25-10-7-15/h1-14,28H,(H,29,30). The van der Waals surface area contributed by atoms with Crippen LogP contribution in [0.3, 0.4) is 0 Å². The van der Waals surface area contributed by atoms with Crippen LogP contribution in [0.25, 0.3) is 55.6 Å². The molecule has 30 heavy (non-hydrogen) atoms. The molecule has 0 fully saturated rings. The Hall–Kier alpha value is -4.32. The maximum absolute atomic E-state index is 4.59. The number of hydrogen-bond acceptors (Lipinski definition) is 4. The lowest BCUT2D eigenvalue weighted by Crippen LogP contribution is -1.82. The minimum Gasteiger partial charge on any atom is -0.352 e. The lowest BCUT2D eigenvalue weighted by molar-refractivity contribution is 1.12. The molecule has 1 aromatic carbocycles. The average Bonchev–Trinajstić information content (AvgIpc) is 3.43. The molecule has 6 nitrogen and oxygen atoms in total. The summed E-state index contributed by atoms with van der Waals surface area (Å²) in [5.74, 6) is 0. The number of nitrogens with zero attached hydrogens (tertiary/aromatic N) is 4. The minimum atomic E-state index is 0.875. The Morgan fingerprint density at radius 1 is 0.700 bits per heavy atom. The fourth-order valence-corrected chi connectivity index (χ4v) is 3.85. The van der Waals surface area contributed by atoms with Crippen molar-refractivity contribution in [1.82, 2.24) is 30.1 Å². The molecule has 0 amide bonds. The lowest BCUT2D eigenvalue weighted by atomic mass is 10.0. The molecule has 0 aliphatic carbocycles. The Bertz CT molecular complexity index is 1480. The zero-order valence-corrected chi connectivity index (χ0v) is 15.9. The van der Waals surface area contributed by atoms with Gasteiger partial charge < -0.3 is 4.98 Å². The highest BCUT2D eigenvalue weighted by Gasteiger charge is 2.14. The van der Waals surface area contributed by atoms with E-state index >= 15 is 0 Å². The molecule has 0 bridgehead atoms. The van der Waals surface area contributed by atoms with Crippen molar-refractivity contribution in [3.05, 3.63) is 85.6 Å². The van der Waals surface area contributed by atoms with Crippen LogP contribution in [-0.4, -0.2) is 30.1 Å². The zero-order valence-electron chi connectivity index (χ0n) is 15.9. The summed E-state index contributed by atoms with van der Waals surface area (Å²) in [7, 11) is 0. The zero-order chi connectivity index (χ0) is 19.9. The normalized spacial score (nSPS) is 11.3. The van der Waals surface area contributed by atoms with Gasteiger partial charge >= 0.3 is 0 Å². The second kappa shape index (κ2) is 6.63. The first-order valence-corrected chi connectivity index (χ1v) is 9.64. The Balaban J connectivity index is 1.52. The fourth-order valence-electron chi connectivity index (χ4n) is 3.85. The number of benzene rings is 1. The fraction of sp³-hybridized carbons (Fsp3) is 0. The van der Waals surface area contributed by atoms with E-state index < -0.39 is 0 Å². The van der Waals surface area contributed by atoms with Gasteiger partial charge in [0.25, 0.3) is 0 Å². The highest BCUT2D eigenvalue weighted by Crippen LogP contribution is 2.34. The monoisotopic (exact) mass is 388 g/mol. The van der Waals surface area contributed by atoms with Crippen molar-refractivity contribution in [2.45, 2.75) is 0 Å². The molecular formula is C24H16N6. The molecule has 6 rings (SSSR count). The number of rotatable bonds is 3. The number of hydrogen-bond donors (Lipinski definition) is 2. The third-order valence-corrected chi connectivity index (χ3v) is 5.32. The summed E-state index contributed by atoms with van der Waals surface area (Å²) < 4.78 is 0. The second-order valence-corrected chi connectivity index (χ2v) is 7.11. The number of fused-ring (bicyclic) bond motifs is 2. The molecule has 0 spiro atoms. The van der Waals surface area contributed by atoms with E-state index in [1.54, 1.807) is 18.6 Å². The maximum atomic E-state index is 4.59. The first-order valence-electron chi connectivity index (χ1n) is 9.64. The van der Waals surface area contributed by atoms with Crippen molar-refractivity contribution >= 4 is 21.8 Å². The Labute approximate surface area is 171 Å². The molecule has 6 aromatic rings. The summed E-state index contributed by atoms with van der Waals surface area (Å²) >= 11 is 0. The molecule has 5 heterocycles. The van der Waals surface area contributed by atoms with Gasteiger partial charge in [0.2, 0.25) is 0 Å². The molecule has 6 heteroatoms. The Morgan fingerprint density at radius 3 is 2.50 bits per heavy atom. The van der Waals surface area contributed by atoms with Crippen molar-refractivity contribution in [1.29, 1.82) is 0 Å². The molecular weight excluding hydrogens is 372 g/mol. The van der Waals surface area contributed by atoms with Gasteiger partial charge in [-0.3, -0.25) is 20.1 Å². The van der Waals surface area contributed by atoms with Crippen LogP contribution >= 0.6 is 0 Å². The molecule has 0 atom stereocenters. The van der Waals surface area contributed by atoms with Gasteiger partial charge in [-0.15, -0.1) is 0 Å². The predicted octanol–water partition coefficient (Wildman–Crippen LogP) is 5.23. The predicted molar refractivity (Wildman–Crippen MR) is 118 cm³/mol. The van der Waals surface area contributed by atoms with Gasteiger partial charge in [0.05, 0.1) is 28.6 Å². The third-order valence-electron chi connectivity index (χ3n) is 5.32. The van der Waals surface area contributed by atoms with E-state index in [1.165, 1.54) is 0 Å². The van der Waals surface area contributed by atoms with Crippen molar-refractivity contribution < 1.29 is 0 Å². The maximum Gasteiger partial charge on any atom is 0.116 e. The van der Waals surface area contributed by atoms with Crippen molar-refractivity contribution in [2.24, 2.45) is 0 Å². The van der Waals surface area contributed by atoms with Crippen molar-refractivity contribution in [3.8, 4) is 33.8 Å². The van der Waals surface area contributed by atoms with Crippen molar-refractivity contribution in [3.63, 3.8) is 0 Å². The molecule has 0 aliphatic rings. The van der Waals surface area contributed by atoms with E-state index in [0.717, 1.165) is 55.6 Å². The van der Waals surface area contributed by atoms with Crippen LogP contribution in [0, 0.1) is 0 Å². The van der Waals surface area contributed by atoms with E-state index in [9.17, 15) is 0 Å². The summed E-state index contributed by atoms with van der Waals surface area (Å²) in [6.07, 6.45) is 9.13. The number of H-pyrrole nitrogens is 2. The van der Waals surface area contributed by atoms with E-state index in [2.05, 4.69) is 48.3 Å². The van der Waals surface area contributed by atoms with E-state index in [4.69, 9.17) is 0 Å². The number of pyridine rings is 3. The second-order valence-electron chi connectivity index (χ2n) is 7.11.